The molecule has 1 unspecified atom stereocenters. The number of nitrogen functional groups attached to an aromatic ring is 2. The van der Waals surface area contributed by atoms with Crippen LogP contribution in [0.5, 0.6) is 11.5 Å². The number of rotatable bonds is 6. The summed E-state index contributed by atoms with van der Waals surface area (Å²) in [5, 5.41) is 0. The molecule has 0 aliphatic rings. The molecule has 1 atom stereocenters. The zero-order chi connectivity index (χ0) is 16.2. The fourth-order valence-electron chi connectivity index (χ4n) is 1.68. The SMILES string of the molecule is Nc1ccccc1OCC(Oc1ccccc1N)S(=O)(=O)O. The highest BCUT2D eigenvalue weighted by Gasteiger charge is 2.27. The van der Waals surface area contributed by atoms with Crippen molar-refractivity contribution >= 4 is 21.5 Å². The molecule has 118 valence electrons. The highest BCUT2D eigenvalue weighted by Crippen LogP contribution is 2.24. The van der Waals surface area contributed by atoms with Gasteiger partial charge in [0.25, 0.3) is 5.44 Å². The lowest BCUT2D eigenvalue weighted by Gasteiger charge is -2.18. The van der Waals surface area contributed by atoms with Crippen molar-refractivity contribution in [3.05, 3.63) is 48.5 Å². The molecule has 0 aliphatic carbocycles. The Morgan fingerprint density at radius 1 is 0.955 bits per heavy atom. The Labute approximate surface area is 128 Å². The number of hydrogen-bond donors (Lipinski definition) is 3. The summed E-state index contributed by atoms with van der Waals surface area (Å²) in [5.74, 6) is 0.426. The minimum Gasteiger partial charge on any atom is -0.486 e. The van der Waals surface area contributed by atoms with E-state index in [0.29, 0.717) is 11.4 Å². The largest absolute Gasteiger partial charge is 0.486 e. The van der Waals surface area contributed by atoms with Gasteiger partial charge in [-0.15, -0.1) is 0 Å². The first-order chi connectivity index (χ1) is 10.4. The Hall–Kier alpha value is -2.45. The zero-order valence-corrected chi connectivity index (χ0v) is 12.4. The van der Waals surface area contributed by atoms with E-state index in [-0.39, 0.29) is 11.4 Å². The molecule has 8 heteroatoms. The van der Waals surface area contributed by atoms with Gasteiger partial charge in [0.1, 0.15) is 18.1 Å². The second kappa shape index (κ2) is 6.54. The van der Waals surface area contributed by atoms with Gasteiger partial charge in [-0.25, -0.2) is 0 Å². The van der Waals surface area contributed by atoms with Crippen LogP contribution in [0.2, 0.25) is 0 Å². The predicted molar refractivity (Wildman–Crippen MR) is 83.2 cm³/mol. The molecule has 0 fully saturated rings. The summed E-state index contributed by atoms with van der Waals surface area (Å²) < 4.78 is 42.7. The number of anilines is 2. The van der Waals surface area contributed by atoms with Crippen molar-refractivity contribution in [2.45, 2.75) is 5.44 Å². The number of benzene rings is 2. The quantitative estimate of drug-likeness (QED) is 0.543. The first-order valence-electron chi connectivity index (χ1n) is 6.32. The lowest BCUT2D eigenvalue weighted by molar-refractivity contribution is 0.176. The van der Waals surface area contributed by atoms with Crippen molar-refractivity contribution in [1.82, 2.24) is 0 Å². The maximum atomic E-state index is 11.4. The maximum Gasteiger partial charge on any atom is 0.307 e. The van der Waals surface area contributed by atoms with E-state index in [4.69, 9.17) is 20.9 Å². The van der Waals surface area contributed by atoms with Crippen LogP contribution in [0, 0.1) is 0 Å². The lowest BCUT2D eigenvalue weighted by Crippen LogP contribution is -2.33. The van der Waals surface area contributed by atoms with Gasteiger partial charge in [0.15, 0.2) is 0 Å². The molecular weight excluding hydrogens is 308 g/mol. The summed E-state index contributed by atoms with van der Waals surface area (Å²) in [5.41, 5.74) is 10.3. The molecule has 2 rings (SSSR count). The van der Waals surface area contributed by atoms with Gasteiger partial charge in [0.05, 0.1) is 11.4 Å². The second-order valence-corrected chi connectivity index (χ2v) is 6.00. The highest BCUT2D eigenvalue weighted by atomic mass is 32.2. The third-order valence-corrected chi connectivity index (χ3v) is 3.70. The summed E-state index contributed by atoms with van der Waals surface area (Å²) in [7, 11) is -4.51. The minimum atomic E-state index is -4.51. The van der Waals surface area contributed by atoms with Gasteiger partial charge in [-0.1, -0.05) is 24.3 Å². The van der Waals surface area contributed by atoms with Crippen LogP contribution in [-0.2, 0) is 10.1 Å². The van der Waals surface area contributed by atoms with E-state index < -0.39 is 22.2 Å². The van der Waals surface area contributed by atoms with Crippen LogP contribution in [0.25, 0.3) is 0 Å². The molecule has 0 saturated carbocycles. The van der Waals surface area contributed by atoms with E-state index in [2.05, 4.69) is 0 Å². The molecule has 0 bridgehead atoms. The summed E-state index contributed by atoms with van der Waals surface area (Å²) in [6.45, 7) is -0.443. The standard InChI is InChI=1S/C14H16N2O5S/c15-10-5-1-3-7-12(10)20-9-14(22(17,18)19)21-13-8-4-2-6-11(13)16/h1-8,14H,9,15-16H2,(H,17,18,19). The Balaban J connectivity index is 2.15. The van der Waals surface area contributed by atoms with Gasteiger partial charge in [0.2, 0.25) is 0 Å². The van der Waals surface area contributed by atoms with E-state index in [9.17, 15) is 13.0 Å². The number of ether oxygens (including phenoxy) is 2. The molecule has 22 heavy (non-hydrogen) atoms. The van der Waals surface area contributed by atoms with Crippen LogP contribution in [-0.4, -0.2) is 25.0 Å². The smallest absolute Gasteiger partial charge is 0.307 e. The summed E-state index contributed by atoms with van der Waals surface area (Å²) in [4.78, 5) is 0. The zero-order valence-electron chi connectivity index (χ0n) is 11.5. The molecular formula is C14H16N2O5S. The molecule has 0 heterocycles. The van der Waals surface area contributed by atoms with E-state index in [1.54, 1.807) is 42.5 Å². The molecule has 0 aromatic heterocycles. The molecule has 0 spiro atoms. The minimum absolute atomic E-state index is 0.134. The molecule has 0 aliphatic heterocycles. The fourth-order valence-corrected chi connectivity index (χ4v) is 2.15. The van der Waals surface area contributed by atoms with Crippen molar-refractivity contribution in [3.63, 3.8) is 0 Å². The van der Waals surface area contributed by atoms with Crippen LogP contribution in [0.3, 0.4) is 0 Å². The molecule has 0 amide bonds. The second-order valence-electron chi connectivity index (χ2n) is 4.45. The molecule has 7 nitrogen and oxygen atoms in total. The van der Waals surface area contributed by atoms with Crippen molar-refractivity contribution < 1.29 is 22.4 Å². The van der Waals surface area contributed by atoms with Gasteiger partial charge >= 0.3 is 10.1 Å². The number of nitrogens with two attached hydrogens (primary N) is 2. The summed E-state index contributed by atoms with van der Waals surface area (Å²) in [6.07, 6.45) is 0. The molecule has 2 aromatic rings. The van der Waals surface area contributed by atoms with E-state index >= 15 is 0 Å². The molecule has 0 radical (unpaired) electrons. The first kappa shape index (κ1) is 15.9. The highest BCUT2D eigenvalue weighted by molar-refractivity contribution is 7.86. The van der Waals surface area contributed by atoms with Crippen LogP contribution in [0.4, 0.5) is 11.4 Å². The molecule has 5 N–H and O–H groups in total. The predicted octanol–water partition coefficient (Wildman–Crippen LogP) is 1.52. The third-order valence-electron chi connectivity index (χ3n) is 2.80. The van der Waals surface area contributed by atoms with Gasteiger partial charge in [0, 0.05) is 0 Å². The van der Waals surface area contributed by atoms with Crippen molar-refractivity contribution in [2.75, 3.05) is 18.1 Å². The van der Waals surface area contributed by atoms with Crippen molar-refractivity contribution in [1.29, 1.82) is 0 Å². The Morgan fingerprint density at radius 2 is 1.45 bits per heavy atom. The maximum absolute atomic E-state index is 11.4. The van der Waals surface area contributed by atoms with Crippen LogP contribution in [0.1, 0.15) is 0 Å². The lowest BCUT2D eigenvalue weighted by atomic mass is 10.3. The van der Waals surface area contributed by atoms with Gasteiger partial charge in [-0.05, 0) is 24.3 Å². The van der Waals surface area contributed by atoms with Gasteiger partial charge in [-0.2, -0.15) is 8.42 Å². The van der Waals surface area contributed by atoms with Crippen molar-refractivity contribution in [2.24, 2.45) is 0 Å². The number of hydrogen-bond acceptors (Lipinski definition) is 6. The van der Waals surface area contributed by atoms with Crippen LogP contribution in [0.15, 0.2) is 48.5 Å². The first-order valence-corrected chi connectivity index (χ1v) is 7.83. The molecule has 2 aromatic carbocycles. The average molecular weight is 324 g/mol. The van der Waals surface area contributed by atoms with E-state index in [1.165, 1.54) is 6.07 Å². The van der Waals surface area contributed by atoms with Gasteiger partial charge in [-0.3, -0.25) is 4.55 Å². The van der Waals surface area contributed by atoms with E-state index in [0.717, 1.165) is 0 Å². The topological polar surface area (TPSA) is 125 Å². The Bertz CT molecular complexity index is 748. The van der Waals surface area contributed by atoms with Crippen LogP contribution < -0.4 is 20.9 Å². The third kappa shape index (κ3) is 4.03. The van der Waals surface area contributed by atoms with E-state index in [1.807, 2.05) is 0 Å². The Morgan fingerprint density at radius 3 is 1.95 bits per heavy atom. The number of para-hydroxylation sites is 4. The van der Waals surface area contributed by atoms with Crippen molar-refractivity contribution in [3.8, 4) is 11.5 Å². The monoisotopic (exact) mass is 324 g/mol. The molecule has 0 saturated heterocycles. The van der Waals surface area contributed by atoms with Crippen LogP contribution >= 0.6 is 0 Å². The fraction of sp³-hybridized carbons (Fsp3) is 0.143. The summed E-state index contributed by atoms with van der Waals surface area (Å²) >= 11 is 0. The van der Waals surface area contributed by atoms with Gasteiger partial charge < -0.3 is 20.9 Å². The Kier molecular flexibility index (Phi) is 4.74. The summed E-state index contributed by atoms with van der Waals surface area (Å²) in [6, 6.07) is 12.9. The average Bonchev–Trinajstić information content (AvgIpc) is 2.45. The normalized spacial score (nSPS) is 12.6.